The molecule has 6 aromatic rings. The van der Waals surface area contributed by atoms with E-state index in [0.29, 0.717) is 13.2 Å². The standard InChI is InChI=1S/C32H31N5O3/c1-35-30-21-34-29-13-8-22(24-18-23-6-4-5-7-28(23)33-20-24)19-27(29)31(30)37(32(35)38)26-11-9-25(10-12-26)36(14-16-39-2)15-17-40-3/h4-13,18-21H,14-17H2,1-3H3. The molecule has 0 bridgehead atoms. The van der Waals surface area contributed by atoms with Crippen LogP contribution in [-0.4, -0.2) is 59.6 Å². The van der Waals surface area contributed by atoms with E-state index in [2.05, 4.69) is 39.1 Å². The van der Waals surface area contributed by atoms with Gasteiger partial charge in [-0.1, -0.05) is 24.3 Å². The van der Waals surface area contributed by atoms with Gasteiger partial charge in [0.1, 0.15) is 0 Å². The lowest BCUT2D eigenvalue weighted by Gasteiger charge is -2.24. The van der Waals surface area contributed by atoms with Gasteiger partial charge >= 0.3 is 5.69 Å². The van der Waals surface area contributed by atoms with Gasteiger partial charge in [0.15, 0.2) is 0 Å². The molecule has 0 aliphatic carbocycles. The van der Waals surface area contributed by atoms with Gasteiger partial charge in [-0.25, -0.2) is 4.79 Å². The molecular formula is C32H31N5O3. The predicted molar refractivity (Wildman–Crippen MR) is 161 cm³/mol. The highest BCUT2D eigenvalue weighted by Crippen LogP contribution is 2.31. The number of ether oxygens (including phenoxy) is 2. The van der Waals surface area contributed by atoms with E-state index in [1.165, 1.54) is 0 Å². The minimum Gasteiger partial charge on any atom is -0.383 e. The first-order valence-corrected chi connectivity index (χ1v) is 13.3. The van der Waals surface area contributed by atoms with Crippen molar-refractivity contribution in [2.45, 2.75) is 0 Å². The number of benzene rings is 3. The number of hydrogen-bond acceptors (Lipinski definition) is 6. The molecule has 0 fully saturated rings. The lowest BCUT2D eigenvalue weighted by atomic mass is 10.0. The van der Waals surface area contributed by atoms with Crippen molar-refractivity contribution in [1.29, 1.82) is 0 Å². The molecule has 3 aromatic heterocycles. The number of anilines is 1. The summed E-state index contributed by atoms with van der Waals surface area (Å²) in [5.74, 6) is 0. The Morgan fingerprint density at radius 2 is 1.52 bits per heavy atom. The van der Waals surface area contributed by atoms with Crippen molar-refractivity contribution in [3.8, 4) is 16.8 Å². The molecule has 8 nitrogen and oxygen atoms in total. The van der Waals surface area contributed by atoms with E-state index in [1.54, 1.807) is 36.6 Å². The highest BCUT2D eigenvalue weighted by atomic mass is 16.5. The lowest BCUT2D eigenvalue weighted by Crippen LogP contribution is -2.30. The summed E-state index contributed by atoms with van der Waals surface area (Å²) in [6.07, 6.45) is 3.67. The number of methoxy groups -OCH3 is 2. The predicted octanol–water partition coefficient (Wildman–Crippen LogP) is 5.19. The molecular weight excluding hydrogens is 502 g/mol. The SMILES string of the molecule is COCCN(CCOC)c1ccc(-n2c(=O)n(C)c3cnc4ccc(-c5cnc6ccccc6c5)cc4c32)cc1. The monoisotopic (exact) mass is 533 g/mol. The minimum atomic E-state index is -0.120. The van der Waals surface area contributed by atoms with Crippen molar-refractivity contribution in [3.63, 3.8) is 0 Å². The summed E-state index contributed by atoms with van der Waals surface area (Å²) in [5, 5.41) is 1.99. The van der Waals surface area contributed by atoms with Crippen molar-refractivity contribution >= 4 is 38.5 Å². The smallest absolute Gasteiger partial charge is 0.333 e. The number of aromatic nitrogens is 4. The van der Waals surface area contributed by atoms with Crippen LogP contribution in [0.3, 0.4) is 0 Å². The van der Waals surface area contributed by atoms with E-state index in [0.717, 1.165) is 68.4 Å². The normalized spacial score (nSPS) is 11.6. The summed E-state index contributed by atoms with van der Waals surface area (Å²) in [6.45, 7) is 2.72. The fraction of sp³-hybridized carbons (Fsp3) is 0.219. The number of hydrogen-bond donors (Lipinski definition) is 0. The van der Waals surface area contributed by atoms with Gasteiger partial charge in [-0.15, -0.1) is 0 Å². The fourth-order valence-electron chi connectivity index (χ4n) is 5.23. The van der Waals surface area contributed by atoms with Crippen LogP contribution in [0.4, 0.5) is 5.69 Å². The van der Waals surface area contributed by atoms with E-state index in [9.17, 15) is 4.79 Å². The third-order valence-electron chi connectivity index (χ3n) is 7.41. The summed E-state index contributed by atoms with van der Waals surface area (Å²) < 4.78 is 14.0. The largest absolute Gasteiger partial charge is 0.383 e. The molecule has 3 heterocycles. The van der Waals surface area contributed by atoms with Crippen LogP contribution in [0.2, 0.25) is 0 Å². The maximum atomic E-state index is 13.6. The van der Waals surface area contributed by atoms with Gasteiger partial charge in [-0.2, -0.15) is 0 Å². The Morgan fingerprint density at radius 1 is 0.800 bits per heavy atom. The Kier molecular flexibility index (Phi) is 7.02. The summed E-state index contributed by atoms with van der Waals surface area (Å²) in [4.78, 5) is 25.1. The van der Waals surface area contributed by atoms with Crippen LogP contribution in [0.15, 0.2) is 90.0 Å². The molecule has 0 radical (unpaired) electrons. The summed E-state index contributed by atoms with van der Waals surface area (Å²) >= 11 is 0. The van der Waals surface area contributed by atoms with Gasteiger partial charge in [0, 0.05) is 62.6 Å². The first-order valence-electron chi connectivity index (χ1n) is 13.3. The lowest BCUT2D eigenvalue weighted by molar-refractivity contribution is 0.190. The van der Waals surface area contributed by atoms with Crippen LogP contribution in [0.5, 0.6) is 0 Å². The third kappa shape index (κ3) is 4.61. The molecule has 0 saturated heterocycles. The van der Waals surface area contributed by atoms with Crippen molar-refractivity contribution < 1.29 is 9.47 Å². The fourth-order valence-corrected chi connectivity index (χ4v) is 5.23. The maximum Gasteiger partial charge on any atom is 0.333 e. The van der Waals surface area contributed by atoms with Crippen LogP contribution in [-0.2, 0) is 16.5 Å². The van der Waals surface area contributed by atoms with Crippen LogP contribution >= 0.6 is 0 Å². The Bertz CT molecular complexity index is 1870. The molecule has 0 aliphatic heterocycles. The van der Waals surface area contributed by atoms with E-state index in [1.807, 2.05) is 54.7 Å². The van der Waals surface area contributed by atoms with Crippen LogP contribution in [0.25, 0.3) is 49.7 Å². The highest BCUT2D eigenvalue weighted by Gasteiger charge is 2.17. The second kappa shape index (κ2) is 10.9. The highest BCUT2D eigenvalue weighted by molar-refractivity contribution is 6.04. The molecule has 0 N–H and O–H groups in total. The average molecular weight is 534 g/mol. The molecule has 3 aromatic carbocycles. The van der Waals surface area contributed by atoms with E-state index < -0.39 is 0 Å². The topological polar surface area (TPSA) is 74.4 Å². The summed E-state index contributed by atoms with van der Waals surface area (Å²) in [5.41, 5.74) is 7.14. The number of pyridine rings is 2. The molecule has 0 amide bonds. The zero-order chi connectivity index (χ0) is 27.6. The molecule has 202 valence electrons. The second-order valence-corrected chi connectivity index (χ2v) is 9.81. The quantitative estimate of drug-likeness (QED) is 0.255. The van der Waals surface area contributed by atoms with E-state index >= 15 is 0 Å². The molecule has 6 rings (SSSR count). The van der Waals surface area contributed by atoms with Gasteiger partial charge in [0.05, 0.1) is 47.2 Å². The first-order chi connectivity index (χ1) is 19.6. The zero-order valence-corrected chi connectivity index (χ0v) is 22.9. The van der Waals surface area contributed by atoms with Gasteiger partial charge in [-0.3, -0.25) is 19.1 Å². The van der Waals surface area contributed by atoms with Gasteiger partial charge in [-0.05, 0) is 54.1 Å². The molecule has 0 spiro atoms. The molecule has 0 aliphatic rings. The zero-order valence-electron chi connectivity index (χ0n) is 22.9. The van der Waals surface area contributed by atoms with Gasteiger partial charge in [0.25, 0.3) is 0 Å². The molecule has 8 heteroatoms. The van der Waals surface area contributed by atoms with Crippen molar-refractivity contribution in [3.05, 3.63) is 95.7 Å². The Labute approximate surface area is 232 Å². The van der Waals surface area contributed by atoms with Crippen molar-refractivity contribution in [1.82, 2.24) is 19.1 Å². The maximum absolute atomic E-state index is 13.6. The van der Waals surface area contributed by atoms with Crippen molar-refractivity contribution in [2.75, 3.05) is 45.4 Å². The van der Waals surface area contributed by atoms with Crippen LogP contribution in [0, 0.1) is 0 Å². The minimum absolute atomic E-state index is 0.120. The van der Waals surface area contributed by atoms with Crippen molar-refractivity contribution in [2.24, 2.45) is 7.05 Å². The number of aryl methyl sites for hydroxylation is 1. The second-order valence-electron chi connectivity index (χ2n) is 9.81. The van der Waals surface area contributed by atoms with E-state index in [4.69, 9.17) is 9.47 Å². The molecule has 40 heavy (non-hydrogen) atoms. The summed E-state index contributed by atoms with van der Waals surface area (Å²) in [7, 11) is 5.19. The molecule has 0 atom stereocenters. The van der Waals surface area contributed by atoms with Gasteiger partial charge < -0.3 is 14.4 Å². The first kappa shape index (κ1) is 25.7. The van der Waals surface area contributed by atoms with Gasteiger partial charge in [0.2, 0.25) is 0 Å². The summed E-state index contributed by atoms with van der Waals surface area (Å²) in [6, 6.07) is 24.5. The average Bonchev–Trinajstić information content (AvgIpc) is 3.26. The van der Waals surface area contributed by atoms with Crippen LogP contribution in [0.1, 0.15) is 0 Å². The number of rotatable bonds is 9. The number of nitrogens with zero attached hydrogens (tertiary/aromatic N) is 5. The molecule has 0 saturated carbocycles. The molecule has 0 unspecified atom stereocenters. The number of para-hydroxylation sites is 1. The Hall–Kier alpha value is -4.53. The van der Waals surface area contributed by atoms with Crippen LogP contribution < -0.4 is 10.6 Å². The Balaban J connectivity index is 1.48. The third-order valence-corrected chi connectivity index (χ3v) is 7.41. The number of fused-ring (bicyclic) bond motifs is 4. The number of imidazole rings is 1. The Morgan fingerprint density at radius 3 is 2.27 bits per heavy atom. The van der Waals surface area contributed by atoms with E-state index in [-0.39, 0.29) is 5.69 Å².